The van der Waals surface area contributed by atoms with Gasteiger partial charge >= 0.3 is 0 Å². The smallest absolute Gasteiger partial charge is 0.271 e. The van der Waals surface area contributed by atoms with Crippen LogP contribution in [-0.4, -0.2) is 16.6 Å². The van der Waals surface area contributed by atoms with Crippen molar-refractivity contribution in [3.63, 3.8) is 0 Å². The number of halogens is 2. The van der Waals surface area contributed by atoms with Gasteiger partial charge in [-0.1, -0.05) is 35.3 Å². The summed E-state index contributed by atoms with van der Waals surface area (Å²) in [7, 11) is 0. The summed E-state index contributed by atoms with van der Waals surface area (Å²) < 4.78 is 0. The summed E-state index contributed by atoms with van der Waals surface area (Å²) in [4.78, 5) is 10.3. The Hall–Kier alpha value is -1.89. The predicted octanol–water partition coefficient (Wildman–Crippen LogP) is 4.43. The molecule has 5 nitrogen and oxygen atoms in total. The van der Waals surface area contributed by atoms with Crippen molar-refractivity contribution < 1.29 is 4.92 Å². The molecule has 0 spiro atoms. The van der Waals surface area contributed by atoms with E-state index in [2.05, 4.69) is 10.6 Å². The molecule has 2 aromatic rings. The van der Waals surface area contributed by atoms with Gasteiger partial charge in [0.15, 0.2) is 5.11 Å². The Kier molecular flexibility index (Phi) is 6.15. The van der Waals surface area contributed by atoms with Crippen molar-refractivity contribution in [1.29, 1.82) is 0 Å². The maximum Gasteiger partial charge on any atom is 0.271 e. The maximum absolute atomic E-state index is 10.8. The summed E-state index contributed by atoms with van der Waals surface area (Å²) in [6, 6.07) is 11.7. The lowest BCUT2D eigenvalue weighted by Gasteiger charge is -2.11. The minimum absolute atomic E-state index is 0.0548. The number of nitrogens with zero attached hydrogens (tertiary/aromatic N) is 1. The van der Waals surface area contributed by atoms with Gasteiger partial charge < -0.3 is 10.6 Å². The number of nitro benzene ring substituents is 1. The van der Waals surface area contributed by atoms with E-state index in [4.69, 9.17) is 35.4 Å². The van der Waals surface area contributed by atoms with Gasteiger partial charge in [-0.15, -0.1) is 0 Å². The van der Waals surface area contributed by atoms with Crippen LogP contribution in [0.15, 0.2) is 42.5 Å². The predicted molar refractivity (Wildman–Crippen MR) is 97.5 cm³/mol. The van der Waals surface area contributed by atoms with Gasteiger partial charge in [0.2, 0.25) is 0 Å². The van der Waals surface area contributed by atoms with Crippen molar-refractivity contribution >= 4 is 51.9 Å². The second-order valence-corrected chi connectivity index (χ2v) is 5.93. The van der Waals surface area contributed by atoms with Crippen molar-refractivity contribution in [2.24, 2.45) is 0 Å². The molecule has 2 aromatic carbocycles. The van der Waals surface area contributed by atoms with Crippen LogP contribution in [0, 0.1) is 10.1 Å². The minimum Gasteiger partial charge on any atom is -0.362 e. The molecule has 0 heterocycles. The third-order valence-corrected chi connectivity index (χ3v) is 3.85. The van der Waals surface area contributed by atoms with Crippen LogP contribution in [0.25, 0.3) is 0 Å². The Bertz CT molecular complexity index is 723. The number of nitrogens with one attached hydrogen (secondary N) is 2. The van der Waals surface area contributed by atoms with Crippen LogP contribution in [0.1, 0.15) is 5.56 Å². The van der Waals surface area contributed by atoms with Gasteiger partial charge in [0, 0.05) is 23.7 Å². The minimum atomic E-state index is -0.488. The van der Waals surface area contributed by atoms with Crippen LogP contribution < -0.4 is 10.6 Å². The van der Waals surface area contributed by atoms with Crippen LogP contribution in [0.5, 0.6) is 0 Å². The molecule has 0 unspecified atom stereocenters. The molecule has 23 heavy (non-hydrogen) atoms. The number of rotatable bonds is 5. The molecule has 2 N–H and O–H groups in total. The molecule has 0 aliphatic rings. The fourth-order valence-corrected chi connectivity index (χ4v) is 2.36. The van der Waals surface area contributed by atoms with Crippen LogP contribution in [-0.2, 0) is 6.42 Å². The maximum atomic E-state index is 10.8. The van der Waals surface area contributed by atoms with E-state index < -0.39 is 4.92 Å². The number of thiocarbonyl (C=S) groups is 1. The van der Waals surface area contributed by atoms with Gasteiger partial charge in [0.25, 0.3) is 5.69 Å². The van der Waals surface area contributed by atoms with Gasteiger partial charge in [-0.3, -0.25) is 10.1 Å². The highest BCUT2D eigenvalue weighted by molar-refractivity contribution is 7.80. The Morgan fingerprint density at radius 3 is 2.52 bits per heavy atom. The number of hydrogen-bond donors (Lipinski definition) is 2. The molecule has 2 rings (SSSR count). The molecule has 0 saturated heterocycles. The van der Waals surface area contributed by atoms with Gasteiger partial charge in [-0.2, -0.15) is 0 Å². The average molecular weight is 370 g/mol. The summed E-state index contributed by atoms with van der Waals surface area (Å²) >= 11 is 17.0. The first-order valence-electron chi connectivity index (χ1n) is 6.69. The van der Waals surface area contributed by atoms with Crippen LogP contribution in [0.3, 0.4) is 0 Å². The first-order chi connectivity index (χ1) is 11.0. The zero-order valence-corrected chi connectivity index (χ0v) is 14.2. The lowest BCUT2D eigenvalue weighted by molar-refractivity contribution is -0.384. The standard InChI is InChI=1S/C15H13Cl2N3O2S/c16-11-3-1-10(2-4-11)7-8-18-15(23)19-14-9-12(20(21)22)5-6-13(14)17/h1-6,9H,7-8H2,(H2,18,19,23). The van der Waals surface area contributed by atoms with E-state index in [0.717, 1.165) is 12.0 Å². The summed E-state index contributed by atoms with van der Waals surface area (Å²) in [6.45, 7) is 0.611. The molecule has 8 heteroatoms. The number of benzene rings is 2. The monoisotopic (exact) mass is 369 g/mol. The normalized spacial score (nSPS) is 10.2. The highest BCUT2D eigenvalue weighted by atomic mass is 35.5. The first kappa shape index (κ1) is 17.5. The molecule has 0 bridgehead atoms. The van der Waals surface area contributed by atoms with Gasteiger partial charge in [0.1, 0.15) is 0 Å². The quantitative estimate of drug-likeness (QED) is 0.463. The molecule has 120 valence electrons. The summed E-state index contributed by atoms with van der Waals surface area (Å²) in [5, 5.41) is 18.1. The summed E-state index contributed by atoms with van der Waals surface area (Å²) in [5.41, 5.74) is 1.46. The van der Waals surface area contributed by atoms with Gasteiger partial charge in [-0.25, -0.2) is 0 Å². The van der Waals surface area contributed by atoms with Gasteiger partial charge in [0.05, 0.1) is 15.6 Å². The van der Waals surface area contributed by atoms with Crippen molar-refractivity contribution in [1.82, 2.24) is 5.32 Å². The fraction of sp³-hybridized carbons (Fsp3) is 0.133. The summed E-state index contributed by atoms with van der Waals surface area (Å²) in [6.07, 6.45) is 0.766. The lowest BCUT2D eigenvalue weighted by atomic mass is 10.1. The molecule has 0 radical (unpaired) electrons. The average Bonchev–Trinajstić information content (AvgIpc) is 2.51. The zero-order chi connectivity index (χ0) is 16.8. The number of nitro groups is 1. The highest BCUT2D eigenvalue weighted by Gasteiger charge is 2.10. The molecule has 0 saturated carbocycles. The highest BCUT2D eigenvalue weighted by Crippen LogP contribution is 2.26. The lowest BCUT2D eigenvalue weighted by Crippen LogP contribution is -2.30. The molecular weight excluding hydrogens is 357 g/mol. The Morgan fingerprint density at radius 2 is 1.87 bits per heavy atom. The molecule has 0 aromatic heterocycles. The third kappa shape index (κ3) is 5.35. The largest absolute Gasteiger partial charge is 0.362 e. The molecule has 0 aliphatic heterocycles. The van der Waals surface area contributed by atoms with Gasteiger partial charge in [-0.05, 0) is 42.4 Å². The Morgan fingerprint density at radius 1 is 1.17 bits per heavy atom. The molecule has 0 atom stereocenters. The van der Waals surface area contributed by atoms with Crippen LogP contribution in [0.2, 0.25) is 10.0 Å². The second-order valence-electron chi connectivity index (χ2n) is 4.68. The number of anilines is 1. The Balaban J connectivity index is 1.88. The zero-order valence-electron chi connectivity index (χ0n) is 11.9. The molecule has 0 amide bonds. The first-order valence-corrected chi connectivity index (χ1v) is 7.85. The van der Waals surface area contributed by atoms with Crippen LogP contribution >= 0.6 is 35.4 Å². The second kappa shape index (κ2) is 8.10. The van der Waals surface area contributed by atoms with E-state index in [1.54, 1.807) is 0 Å². The summed E-state index contributed by atoms with van der Waals surface area (Å²) in [5.74, 6) is 0. The third-order valence-electron chi connectivity index (χ3n) is 3.02. The van der Waals surface area contributed by atoms with E-state index in [9.17, 15) is 10.1 Å². The molecule has 0 fully saturated rings. The van der Waals surface area contributed by atoms with Crippen LogP contribution in [0.4, 0.5) is 11.4 Å². The SMILES string of the molecule is O=[N+]([O-])c1ccc(Cl)c(NC(=S)NCCc2ccc(Cl)cc2)c1. The van der Waals surface area contributed by atoms with E-state index in [-0.39, 0.29) is 5.69 Å². The van der Waals surface area contributed by atoms with E-state index in [0.29, 0.717) is 27.4 Å². The van der Waals surface area contributed by atoms with Crippen molar-refractivity contribution in [2.45, 2.75) is 6.42 Å². The van der Waals surface area contributed by atoms with E-state index >= 15 is 0 Å². The molecule has 0 aliphatic carbocycles. The number of hydrogen-bond acceptors (Lipinski definition) is 3. The fourth-order valence-electron chi connectivity index (χ4n) is 1.86. The van der Waals surface area contributed by atoms with E-state index in [1.807, 2.05) is 24.3 Å². The molecular formula is C15H13Cl2N3O2S. The number of non-ortho nitro benzene ring substituents is 1. The topological polar surface area (TPSA) is 67.2 Å². The van der Waals surface area contributed by atoms with Crippen molar-refractivity contribution in [3.8, 4) is 0 Å². The van der Waals surface area contributed by atoms with Crippen molar-refractivity contribution in [2.75, 3.05) is 11.9 Å². The van der Waals surface area contributed by atoms with Crippen molar-refractivity contribution in [3.05, 3.63) is 68.2 Å². The van der Waals surface area contributed by atoms with E-state index in [1.165, 1.54) is 18.2 Å². The Labute approximate surface area is 148 Å².